The molecule has 0 aliphatic carbocycles. The first-order chi connectivity index (χ1) is 18.5. The number of sulfonamides is 1. The summed E-state index contributed by atoms with van der Waals surface area (Å²) in [6.07, 6.45) is 0. The van der Waals surface area contributed by atoms with Crippen LogP contribution in [0.1, 0.15) is 26.3 Å². The highest BCUT2D eigenvalue weighted by Gasteiger charge is 2.32. The van der Waals surface area contributed by atoms with Crippen LogP contribution in [0.2, 0.25) is 0 Å². The molecule has 0 fully saturated rings. The second kappa shape index (κ2) is 13.6. The molecule has 1 unspecified atom stereocenters. The lowest BCUT2D eigenvalue weighted by atomic mass is 10.1. The fourth-order valence-electron chi connectivity index (χ4n) is 3.84. The summed E-state index contributed by atoms with van der Waals surface area (Å²) in [7, 11) is -2.54. The highest BCUT2D eigenvalue weighted by molar-refractivity contribution is 9.10. The largest absolute Gasteiger partial charge is 0.497 e. The van der Waals surface area contributed by atoms with Crippen LogP contribution in [-0.4, -0.2) is 51.4 Å². The molecule has 0 bridgehead atoms. The van der Waals surface area contributed by atoms with E-state index in [9.17, 15) is 18.0 Å². The maximum atomic E-state index is 13.9. The van der Waals surface area contributed by atoms with Gasteiger partial charge in [-0.2, -0.15) is 0 Å². The Labute approximate surface area is 239 Å². The van der Waals surface area contributed by atoms with Gasteiger partial charge in [-0.05, 0) is 60.9 Å². The second-order valence-corrected chi connectivity index (χ2v) is 12.3. The lowest BCUT2D eigenvalue weighted by molar-refractivity contribution is -0.139. The van der Waals surface area contributed by atoms with Crippen LogP contribution in [0.15, 0.2) is 88.2 Å². The van der Waals surface area contributed by atoms with Gasteiger partial charge in [0.2, 0.25) is 11.8 Å². The molecular weight excluding hydrogens is 582 g/mol. The number of nitrogens with zero attached hydrogens (tertiary/aromatic N) is 2. The molecule has 0 spiro atoms. The quantitative estimate of drug-likeness (QED) is 0.314. The molecule has 0 aliphatic heterocycles. The Morgan fingerprint density at radius 3 is 2.21 bits per heavy atom. The molecule has 10 heteroatoms. The standard InChI is InChI=1S/C29H34BrN3O5S/c1-21(2)18-31-29(35)22(3)32(19-23-13-15-26(38-4)16-14-23)28(34)20-33(25-10-8-9-24(30)17-25)39(36,37)27-11-6-5-7-12-27/h5-17,21-22H,18-20H2,1-4H3,(H,31,35). The third-order valence-electron chi connectivity index (χ3n) is 6.07. The van der Waals surface area contributed by atoms with Crippen molar-refractivity contribution in [2.75, 3.05) is 24.5 Å². The van der Waals surface area contributed by atoms with Gasteiger partial charge in [0.25, 0.3) is 10.0 Å². The Hall–Kier alpha value is -3.37. The molecule has 2 amide bonds. The normalized spacial score (nSPS) is 12.1. The molecule has 0 radical (unpaired) electrons. The predicted octanol–water partition coefficient (Wildman–Crippen LogP) is 4.84. The molecule has 0 aromatic heterocycles. The van der Waals surface area contributed by atoms with E-state index in [1.165, 1.54) is 17.0 Å². The number of amides is 2. The van der Waals surface area contributed by atoms with E-state index in [1.807, 2.05) is 26.0 Å². The zero-order valence-electron chi connectivity index (χ0n) is 22.5. The summed E-state index contributed by atoms with van der Waals surface area (Å²) >= 11 is 3.40. The number of ether oxygens (including phenoxy) is 1. The number of hydrogen-bond donors (Lipinski definition) is 1. The molecule has 1 N–H and O–H groups in total. The summed E-state index contributed by atoms with van der Waals surface area (Å²) in [6.45, 7) is 5.68. The van der Waals surface area contributed by atoms with E-state index < -0.39 is 28.5 Å². The van der Waals surface area contributed by atoms with Gasteiger partial charge in [-0.1, -0.05) is 66.2 Å². The molecule has 8 nitrogen and oxygen atoms in total. The van der Waals surface area contributed by atoms with E-state index in [4.69, 9.17) is 4.74 Å². The first-order valence-electron chi connectivity index (χ1n) is 12.6. The molecule has 0 saturated heterocycles. The Morgan fingerprint density at radius 2 is 1.62 bits per heavy atom. The number of nitrogens with one attached hydrogen (secondary N) is 1. The number of benzene rings is 3. The van der Waals surface area contributed by atoms with E-state index in [2.05, 4.69) is 21.2 Å². The van der Waals surface area contributed by atoms with Crippen LogP contribution in [0.4, 0.5) is 5.69 Å². The predicted molar refractivity (Wildman–Crippen MR) is 156 cm³/mol. The van der Waals surface area contributed by atoms with Gasteiger partial charge in [-0.15, -0.1) is 0 Å². The lowest BCUT2D eigenvalue weighted by Crippen LogP contribution is -2.51. The molecule has 0 heterocycles. The van der Waals surface area contributed by atoms with E-state index in [0.29, 0.717) is 22.5 Å². The maximum Gasteiger partial charge on any atom is 0.264 e. The topological polar surface area (TPSA) is 96.0 Å². The van der Waals surface area contributed by atoms with E-state index in [0.717, 1.165) is 9.87 Å². The highest BCUT2D eigenvalue weighted by Crippen LogP contribution is 2.27. The third-order valence-corrected chi connectivity index (χ3v) is 8.35. The van der Waals surface area contributed by atoms with Gasteiger partial charge in [0.05, 0.1) is 17.7 Å². The van der Waals surface area contributed by atoms with Gasteiger partial charge < -0.3 is 15.0 Å². The highest BCUT2D eigenvalue weighted by atomic mass is 79.9. The van der Waals surface area contributed by atoms with Crippen molar-refractivity contribution < 1.29 is 22.7 Å². The zero-order valence-corrected chi connectivity index (χ0v) is 24.9. The number of rotatable bonds is 12. The van der Waals surface area contributed by atoms with Gasteiger partial charge in [0.15, 0.2) is 0 Å². The van der Waals surface area contributed by atoms with Gasteiger partial charge in [-0.3, -0.25) is 13.9 Å². The number of halogens is 1. The van der Waals surface area contributed by atoms with E-state index >= 15 is 0 Å². The van der Waals surface area contributed by atoms with Crippen LogP contribution in [0.5, 0.6) is 5.75 Å². The molecule has 3 rings (SSSR count). The minimum absolute atomic E-state index is 0.0576. The van der Waals surface area contributed by atoms with Crippen molar-refractivity contribution in [1.29, 1.82) is 0 Å². The average Bonchev–Trinajstić information content (AvgIpc) is 2.93. The van der Waals surface area contributed by atoms with E-state index in [-0.39, 0.29) is 23.3 Å². The van der Waals surface area contributed by atoms with Gasteiger partial charge in [0.1, 0.15) is 18.3 Å². The van der Waals surface area contributed by atoms with Gasteiger partial charge in [0, 0.05) is 17.6 Å². The second-order valence-electron chi connectivity index (χ2n) is 9.49. The molecule has 39 heavy (non-hydrogen) atoms. The van der Waals surface area contributed by atoms with Crippen LogP contribution in [-0.2, 0) is 26.2 Å². The minimum atomic E-state index is -4.10. The number of hydrogen-bond acceptors (Lipinski definition) is 5. The Bertz CT molecular complexity index is 1370. The molecule has 0 aliphatic rings. The minimum Gasteiger partial charge on any atom is -0.497 e. The van der Waals surface area contributed by atoms with Crippen molar-refractivity contribution in [3.63, 3.8) is 0 Å². The van der Waals surface area contributed by atoms with Crippen LogP contribution in [0.25, 0.3) is 0 Å². The molecular formula is C29H34BrN3O5S. The molecule has 208 valence electrons. The number of carbonyl (C=O) groups excluding carboxylic acids is 2. The SMILES string of the molecule is COc1ccc(CN(C(=O)CN(c2cccc(Br)c2)S(=O)(=O)c2ccccc2)C(C)C(=O)NCC(C)C)cc1. The lowest BCUT2D eigenvalue weighted by Gasteiger charge is -2.32. The van der Waals surface area contributed by atoms with Crippen molar-refractivity contribution >= 4 is 43.5 Å². The fourth-order valence-corrected chi connectivity index (χ4v) is 5.66. The van der Waals surface area contributed by atoms with Crippen molar-refractivity contribution in [2.45, 2.75) is 38.3 Å². The van der Waals surface area contributed by atoms with Crippen molar-refractivity contribution in [3.05, 3.63) is 88.9 Å². The summed E-state index contributed by atoms with van der Waals surface area (Å²) in [5.74, 6) is 0.0621. The summed E-state index contributed by atoms with van der Waals surface area (Å²) in [5.41, 5.74) is 1.09. The molecule has 0 saturated carbocycles. The van der Waals surface area contributed by atoms with Gasteiger partial charge >= 0.3 is 0 Å². The Balaban J connectivity index is 1.99. The van der Waals surface area contributed by atoms with Crippen LogP contribution >= 0.6 is 15.9 Å². The molecule has 3 aromatic carbocycles. The monoisotopic (exact) mass is 615 g/mol. The first kappa shape index (κ1) is 30.2. The third kappa shape index (κ3) is 8.06. The van der Waals surface area contributed by atoms with Crippen molar-refractivity contribution in [3.8, 4) is 5.75 Å². The zero-order chi connectivity index (χ0) is 28.6. The number of carbonyl (C=O) groups is 2. The van der Waals surface area contributed by atoms with Gasteiger partial charge in [-0.25, -0.2) is 8.42 Å². The maximum absolute atomic E-state index is 13.9. The molecule has 1 atom stereocenters. The van der Waals surface area contributed by atoms with Crippen LogP contribution in [0.3, 0.4) is 0 Å². The van der Waals surface area contributed by atoms with Crippen molar-refractivity contribution in [1.82, 2.24) is 10.2 Å². The smallest absolute Gasteiger partial charge is 0.264 e. The number of methoxy groups -OCH3 is 1. The van der Waals surface area contributed by atoms with Crippen LogP contribution < -0.4 is 14.4 Å². The van der Waals surface area contributed by atoms with E-state index in [1.54, 1.807) is 68.6 Å². The average molecular weight is 617 g/mol. The molecule has 3 aromatic rings. The summed E-state index contributed by atoms with van der Waals surface area (Å²) in [6, 6.07) is 21.0. The number of anilines is 1. The Morgan fingerprint density at radius 1 is 0.949 bits per heavy atom. The fraction of sp³-hybridized carbons (Fsp3) is 0.310. The summed E-state index contributed by atoms with van der Waals surface area (Å²) in [5, 5.41) is 2.88. The summed E-state index contributed by atoms with van der Waals surface area (Å²) < 4.78 is 34.5. The van der Waals surface area contributed by atoms with Crippen LogP contribution in [0, 0.1) is 5.92 Å². The first-order valence-corrected chi connectivity index (χ1v) is 14.8. The Kier molecular flexibility index (Phi) is 10.5. The van der Waals surface area contributed by atoms with Crippen molar-refractivity contribution in [2.24, 2.45) is 5.92 Å². The summed E-state index contributed by atoms with van der Waals surface area (Å²) in [4.78, 5) is 28.4.